The molecule has 0 bridgehead atoms. The van der Waals surface area contributed by atoms with Gasteiger partial charge in [0.05, 0.1) is 10.7 Å². The Morgan fingerprint density at radius 1 is 1.27 bits per heavy atom. The molecule has 1 N–H and O–H groups in total. The minimum Gasteiger partial charge on any atom is -0.387 e. The summed E-state index contributed by atoms with van der Waals surface area (Å²) in [6.45, 7) is 1.94. The first-order chi connectivity index (χ1) is 10.6. The normalized spacial score (nSPS) is 16.8. The Labute approximate surface area is 133 Å². The largest absolute Gasteiger partial charge is 0.387 e. The van der Waals surface area contributed by atoms with Gasteiger partial charge in [0.25, 0.3) is 5.91 Å². The number of rotatable bonds is 3. The molecule has 0 aliphatic carbocycles. The van der Waals surface area contributed by atoms with E-state index in [0.717, 1.165) is 11.1 Å². The number of hydrogen-bond acceptors (Lipinski definition) is 3. The Bertz CT molecular complexity index is 729. The molecule has 0 saturated heterocycles. The van der Waals surface area contributed by atoms with Gasteiger partial charge in [-0.25, -0.2) is 0 Å². The van der Waals surface area contributed by atoms with Crippen LogP contribution in [0.2, 0.25) is 5.02 Å². The number of carbonyl (C=O) groups excluding carboxylic acids is 1. The summed E-state index contributed by atoms with van der Waals surface area (Å²) in [6, 6.07) is 15.2. The predicted molar refractivity (Wildman–Crippen MR) is 87.1 cm³/mol. The van der Waals surface area contributed by atoms with Gasteiger partial charge in [0, 0.05) is 6.42 Å². The Hall–Kier alpha value is -2.33. The quantitative estimate of drug-likeness (QED) is 0.927. The van der Waals surface area contributed by atoms with Crippen molar-refractivity contribution in [1.29, 1.82) is 0 Å². The van der Waals surface area contributed by atoms with E-state index in [-0.39, 0.29) is 12.0 Å². The third kappa shape index (κ3) is 3.12. The van der Waals surface area contributed by atoms with Crippen LogP contribution in [-0.4, -0.2) is 11.6 Å². The number of halogens is 1. The monoisotopic (exact) mass is 314 g/mol. The molecule has 22 heavy (non-hydrogen) atoms. The molecule has 1 amide bonds. The maximum atomic E-state index is 12.2. The van der Waals surface area contributed by atoms with E-state index in [1.807, 2.05) is 43.3 Å². The van der Waals surface area contributed by atoms with Crippen molar-refractivity contribution in [2.45, 2.75) is 19.4 Å². The highest BCUT2D eigenvalue weighted by Gasteiger charge is 2.27. The fraction of sp³-hybridized carbons (Fsp3) is 0.176. The van der Waals surface area contributed by atoms with Crippen LogP contribution in [0.4, 0.5) is 5.69 Å². The van der Waals surface area contributed by atoms with E-state index in [0.29, 0.717) is 22.8 Å². The highest BCUT2D eigenvalue weighted by Crippen LogP contribution is 2.28. The molecule has 2 aromatic carbocycles. The van der Waals surface area contributed by atoms with Crippen LogP contribution in [-0.2, 0) is 9.63 Å². The summed E-state index contributed by atoms with van der Waals surface area (Å²) in [5, 5.41) is 7.17. The van der Waals surface area contributed by atoms with Crippen LogP contribution in [0.1, 0.15) is 23.7 Å². The Balaban J connectivity index is 1.67. The van der Waals surface area contributed by atoms with Crippen LogP contribution in [0.3, 0.4) is 0 Å². The number of nitrogens with zero attached hydrogens (tertiary/aromatic N) is 1. The van der Waals surface area contributed by atoms with Crippen molar-refractivity contribution in [3.8, 4) is 0 Å². The predicted octanol–water partition coefficient (Wildman–Crippen LogP) is 4.10. The summed E-state index contributed by atoms with van der Waals surface area (Å²) >= 11 is 6.12. The molecule has 0 aromatic heterocycles. The second-order valence-electron chi connectivity index (χ2n) is 5.18. The molecular formula is C17H15ClN2O2. The fourth-order valence-electron chi connectivity index (χ4n) is 2.27. The average Bonchev–Trinajstić information content (AvgIpc) is 3.01. The first-order valence-electron chi connectivity index (χ1n) is 6.98. The van der Waals surface area contributed by atoms with E-state index in [9.17, 15) is 4.79 Å². The highest BCUT2D eigenvalue weighted by molar-refractivity contribution is 6.44. The third-order valence-electron chi connectivity index (χ3n) is 3.48. The first kappa shape index (κ1) is 14.6. The summed E-state index contributed by atoms with van der Waals surface area (Å²) in [7, 11) is 0. The van der Waals surface area contributed by atoms with Gasteiger partial charge in [-0.2, -0.15) is 0 Å². The van der Waals surface area contributed by atoms with Crippen molar-refractivity contribution in [3.63, 3.8) is 0 Å². The summed E-state index contributed by atoms with van der Waals surface area (Å²) in [6.07, 6.45) is 0.231. The van der Waals surface area contributed by atoms with E-state index >= 15 is 0 Å². The number of nitrogens with one attached hydrogen (secondary N) is 1. The summed E-state index contributed by atoms with van der Waals surface area (Å²) in [5.41, 5.74) is 2.98. The number of benzene rings is 2. The summed E-state index contributed by atoms with van der Waals surface area (Å²) in [5.74, 6) is -0.288. The summed E-state index contributed by atoms with van der Waals surface area (Å²) in [4.78, 5) is 17.6. The molecule has 1 aliphatic heterocycles. The van der Waals surface area contributed by atoms with Crippen LogP contribution < -0.4 is 5.32 Å². The van der Waals surface area contributed by atoms with Crippen molar-refractivity contribution in [3.05, 3.63) is 64.7 Å². The van der Waals surface area contributed by atoms with E-state index in [2.05, 4.69) is 10.5 Å². The average molecular weight is 315 g/mol. The van der Waals surface area contributed by atoms with Crippen LogP contribution in [0.15, 0.2) is 53.7 Å². The number of hydrogen-bond donors (Lipinski definition) is 1. The summed E-state index contributed by atoms with van der Waals surface area (Å²) < 4.78 is 0. The molecule has 0 spiro atoms. The van der Waals surface area contributed by atoms with Crippen molar-refractivity contribution in [2.75, 3.05) is 5.32 Å². The van der Waals surface area contributed by atoms with E-state index < -0.39 is 0 Å². The number of carbonyl (C=O) groups is 1. The van der Waals surface area contributed by atoms with Gasteiger partial charge in [-0.05, 0) is 30.2 Å². The number of amides is 1. The molecule has 1 heterocycles. The molecule has 4 nitrogen and oxygen atoms in total. The second kappa shape index (κ2) is 6.20. The topological polar surface area (TPSA) is 50.7 Å². The lowest BCUT2D eigenvalue weighted by atomic mass is 10.0. The van der Waals surface area contributed by atoms with E-state index in [4.69, 9.17) is 16.4 Å². The van der Waals surface area contributed by atoms with Crippen LogP contribution in [0, 0.1) is 6.92 Å². The van der Waals surface area contributed by atoms with E-state index in [1.165, 1.54) is 0 Å². The minimum absolute atomic E-state index is 0.213. The van der Waals surface area contributed by atoms with Gasteiger partial charge in [-0.3, -0.25) is 4.79 Å². The molecule has 112 valence electrons. The molecule has 0 radical (unpaired) electrons. The lowest BCUT2D eigenvalue weighted by Crippen LogP contribution is -2.22. The lowest BCUT2D eigenvalue weighted by molar-refractivity contribution is -0.110. The van der Waals surface area contributed by atoms with Crippen LogP contribution in [0.25, 0.3) is 0 Å². The molecule has 1 aliphatic rings. The van der Waals surface area contributed by atoms with Gasteiger partial charge in [0.1, 0.15) is 5.71 Å². The minimum atomic E-state index is -0.288. The zero-order valence-corrected chi connectivity index (χ0v) is 12.8. The maximum Gasteiger partial charge on any atom is 0.273 e. The molecule has 0 fully saturated rings. The first-order valence-corrected chi connectivity index (χ1v) is 7.36. The molecule has 3 rings (SSSR count). The van der Waals surface area contributed by atoms with Gasteiger partial charge in [-0.15, -0.1) is 0 Å². The molecule has 0 saturated carbocycles. The maximum absolute atomic E-state index is 12.2. The van der Waals surface area contributed by atoms with Crippen LogP contribution >= 0.6 is 11.6 Å². The Kier molecular flexibility index (Phi) is 4.11. The molecular weight excluding hydrogens is 300 g/mol. The number of anilines is 1. The second-order valence-corrected chi connectivity index (χ2v) is 5.59. The third-order valence-corrected chi connectivity index (χ3v) is 3.79. The molecule has 2 aromatic rings. The lowest BCUT2D eigenvalue weighted by Gasteiger charge is -2.08. The highest BCUT2D eigenvalue weighted by atomic mass is 35.5. The van der Waals surface area contributed by atoms with Crippen LogP contribution in [0.5, 0.6) is 0 Å². The van der Waals surface area contributed by atoms with Gasteiger partial charge >= 0.3 is 0 Å². The molecule has 1 atom stereocenters. The van der Waals surface area contributed by atoms with Crippen molar-refractivity contribution in [1.82, 2.24) is 0 Å². The Morgan fingerprint density at radius 3 is 2.77 bits per heavy atom. The van der Waals surface area contributed by atoms with Gasteiger partial charge in [0.2, 0.25) is 0 Å². The number of aryl methyl sites for hydroxylation is 1. The zero-order valence-electron chi connectivity index (χ0n) is 12.0. The van der Waals surface area contributed by atoms with Crippen molar-refractivity contribution < 1.29 is 9.63 Å². The van der Waals surface area contributed by atoms with Gasteiger partial charge in [-0.1, -0.05) is 53.2 Å². The van der Waals surface area contributed by atoms with Crippen molar-refractivity contribution in [2.24, 2.45) is 5.16 Å². The standard InChI is InChI=1S/C17H15ClN2O2/c1-11-7-8-14(13(18)9-11)19-17(21)15-10-16(22-20-15)12-5-3-2-4-6-12/h2-9,16H,10H2,1H3,(H,19,21). The molecule has 5 heteroatoms. The van der Waals surface area contributed by atoms with E-state index in [1.54, 1.807) is 12.1 Å². The van der Waals surface area contributed by atoms with Crippen molar-refractivity contribution >= 4 is 28.9 Å². The zero-order chi connectivity index (χ0) is 15.5. The number of oxime groups is 1. The molecule has 1 unspecified atom stereocenters. The SMILES string of the molecule is Cc1ccc(NC(=O)C2=NOC(c3ccccc3)C2)c(Cl)c1. The smallest absolute Gasteiger partial charge is 0.273 e. The van der Waals surface area contributed by atoms with Gasteiger partial charge in [0.15, 0.2) is 6.10 Å². The van der Waals surface area contributed by atoms with Gasteiger partial charge < -0.3 is 10.2 Å². The Morgan fingerprint density at radius 2 is 2.05 bits per heavy atom. The fourth-order valence-corrected chi connectivity index (χ4v) is 2.56.